The average Bonchev–Trinajstić information content (AvgIpc) is 2.62. The fourth-order valence-corrected chi connectivity index (χ4v) is 2.08. The Hall–Kier alpha value is -2.82. The van der Waals surface area contributed by atoms with Crippen LogP contribution >= 0.6 is 0 Å². The average molecular weight is 341 g/mol. The topological polar surface area (TPSA) is 55.8 Å². The van der Waals surface area contributed by atoms with Gasteiger partial charge in [-0.1, -0.05) is 69.3 Å². The Bertz CT molecular complexity index is 698. The smallest absolute Gasteiger partial charge is 0.393 e. The summed E-state index contributed by atoms with van der Waals surface area (Å²) >= 11 is 0. The van der Waals surface area contributed by atoms with Gasteiger partial charge in [-0.2, -0.15) is 5.06 Å². The Balaban J connectivity index is 2.13. The summed E-state index contributed by atoms with van der Waals surface area (Å²) in [5.41, 5.74) is 0.206. The van der Waals surface area contributed by atoms with Crippen LogP contribution in [-0.4, -0.2) is 17.1 Å². The van der Waals surface area contributed by atoms with E-state index < -0.39 is 11.6 Å². The van der Waals surface area contributed by atoms with Crippen LogP contribution < -0.4 is 4.74 Å². The Kier molecular flexibility index (Phi) is 6.17. The molecule has 2 aromatic rings. The van der Waals surface area contributed by atoms with Crippen molar-refractivity contribution in [3.8, 4) is 5.75 Å². The molecule has 0 bridgehead atoms. The van der Waals surface area contributed by atoms with Crippen molar-refractivity contribution in [3.05, 3.63) is 66.2 Å². The van der Waals surface area contributed by atoms with Crippen molar-refractivity contribution in [1.29, 1.82) is 0 Å². The third-order valence-electron chi connectivity index (χ3n) is 3.99. The van der Waals surface area contributed by atoms with Gasteiger partial charge in [0.1, 0.15) is 5.75 Å². The van der Waals surface area contributed by atoms with Crippen LogP contribution in [0.1, 0.15) is 32.8 Å². The van der Waals surface area contributed by atoms with Crippen LogP contribution in [0.25, 0.3) is 0 Å². The SMILES string of the molecule is CCC(C)(C)C(=O)N(Cc1ccccc1)OC(=O)Oc1ccccc1. The van der Waals surface area contributed by atoms with Gasteiger partial charge in [0.15, 0.2) is 0 Å². The van der Waals surface area contributed by atoms with Crippen LogP contribution in [-0.2, 0) is 16.2 Å². The molecule has 0 aliphatic rings. The number of nitrogens with zero attached hydrogens (tertiary/aromatic N) is 1. The van der Waals surface area contributed by atoms with Gasteiger partial charge in [0.2, 0.25) is 0 Å². The highest BCUT2D eigenvalue weighted by molar-refractivity contribution is 5.82. The lowest BCUT2D eigenvalue weighted by Gasteiger charge is -2.29. The Labute approximate surface area is 148 Å². The van der Waals surface area contributed by atoms with E-state index in [1.165, 1.54) is 0 Å². The second-order valence-electron chi connectivity index (χ2n) is 6.32. The normalized spacial score (nSPS) is 10.8. The monoisotopic (exact) mass is 341 g/mol. The zero-order valence-electron chi connectivity index (χ0n) is 14.8. The molecule has 2 aromatic carbocycles. The van der Waals surface area contributed by atoms with Gasteiger partial charge in [-0.05, 0) is 24.1 Å². The van der Waals surface area contributed by atoms with Crippen molar-refractivity contribution in [1.82, 2.24) is 5.06 Å². The van der Waals surface area contributed by atoms with Gasteiger partial charge in [-0.25, -0.2) is 4.79 Å². The molecular formula is C20H23NO4. The van der Waals surface area contributed by atoms with Crippen molar-refractivity contribution in [2.45, 2.75) is 33.7 Å². The number of carbonyl (C=O) groups excluding carboxylic acids is 2. The van der Waals surface area contributed by atoms with E-state index in [1.807, 2.05) is 57.2 Å². The number of hydrogen-bond donors (Lipinski definition) is 0. The lowest BCUT2D eigenvalue weighted by Crippen LogP contribution is -2.42. The second kappa shape index (κ2) is 8.33. The van der Waals surface area contributed by atoms with Gasteiger partial charge in [0.05, 0.1) is 6.54 Å². The molecule has 0 aliphatic carbocycles. The number of hydrogen-bond acceptors (Lipinski definition) is 4. The first-order valence-electron chi connectivity index (χ1n) is 8.23. The maximum Gasteiger partial charge on any atom is 0.539 e. The molecule has 5 heteroatoms. The van der Waals surface area contributed by atoms with E-state index in [4.69, 9.17) is 9.57 Å². The lowest BCUT2D eigenvalue weighted by atomic mass is 9.89. The third kappa shape index (κ3) is 5.35. The van der Waals surface area contributed by atoms with Crippen LogP contribution in [0.5, 0.6) is 5.75 Å². The number of para-hydroxylation sites is 1. The first-order chi connectivity index (χ1) is 11.9. The predicted octanol–water partition coefficient (Wildman–Crippen LogP) is 4.58. The minimum atomic E-state index is -0.942. The molecule has 0 saturated carbocycles. The summed E-state index contributed by atoms with van der Waals surface area (Å²) in [5.74, 6) is 0.0817. The number of ether oxygens (including phenoxy) is 1. The molecule has 25 heavy (non-hydrogen) atoms. The maximum absolute atomic E-state index is 12.8. The predicted molar refractivity (Wildman–Crippen MR) is 94.6 cm³/mol. The number of amides is 1. The Morgan fingerprint density at radius 3 is 2.08 bits per heavy atom. The summed E-state index contributed by atoms with van der Waals surface area (Å²) < 4.78 is 5.12. The van der Waals surface area contributed by atoms with E-state index in [9.17, 15) is 9.59 Å². The summed E-state index contributed by atoms with van der Waals surface area (Å²) in [5, 5.41) is 1.07. The highest BCUT2D eigenvalue weighted by Crippen LogP contribution is 2.24. The number of benzene rings is 2. The first-order valence-corrected chi connectivity index (χ1v) is 8.23. The van der Waals surface area contributed by atoms with Gasteiger partial charge in [-0.15, -0.1) is 0 Å². The number of carbonyl (C=O) groups is 2. The van der Waals surface area contributed by atoms with Crippen molar-refractivity contribution in [2.24, 2.45) is 5.41 Å². The molecule has 0 saturated heterocycles. The molecule has 0 unspecified atom stereocenters. The van der Waals surface area contributed by atoms with Gasteiger partial charge >= 0.3 is 6.16 Å². The number of hydroxylamine groups is 2. The summed E-state index contributed by atoms with van der Waals surface area (Å²) in [4.78, 5) is 30.1. The zero-order chi connectivity index (χ0) is 18.3. The molecule has 0 aromatic heterocycles. The highest BCUT2D eigenvalue weighted by Gasteiger charge is 2.33. The largest absolute Gasteiger partial charge is 0.539 e. The Morgan fingerprint density at radius 1 is 0.960 bits per heavy atom. The summed E-state index contributed by atoms with van der Waals surface area (Å²) in [6.45, 7) is 5.71. The molecule has 0 radical (unpaired) electrons. The fourth-order valence-electron chi connectivity index (χ4n) is 2.08. The van der Waals surface area contributed by atoms with Gasteiger partial charge < -0.3 is 9.57 Å². The lowest BCUT2D eigenvalue weighted by molar-refractivity contribution is -0.182. The van der Waals surface area contributed by atoms with Crippen LogP contribution in [0.3, 0.4) is 0 Å². The molecule has 0 spiro atoms. The van der Waals surface area contributed by atoms with Crippen LogP contribution in [0.2, 0.25) is 0 Å². The number of rotatable bonds is 5. The van der Waals surface area contributed by atoms with Gasteiger partial charge in [-0.3, -0.25) is 4.79 Å². The molecule has 2 rings (SSSR count). The van der Waals surface area contributed by atoms with E-state index in [-0.39, 0.29) is 12.5 Å². The van der Waals surface area contributed by atoms with Gasteiger partial charge in [0, 0.05) is 5.41 Å². The molecule has 0 aliphatic heterocycles. The molecule has 132 valence electrons. The summed E-state index contributed by atoms with van der Waals surface area (Å²) in [6, 6.07) is 17.9. The van der Waals surface area contributed by atoms with Crippen LogP contribution in [0.4, 0.5) is 4.79 Å². The molecule has 1 amide bonds. The van der Waals surface area contributed by atoms with Gasteiger partial charge in [0.25, 0.3) is 5.91 Å². The molecule has 0 N–H and O–H groups in total. The van der Waals surface area contributed by atoms with Crippen LogP contribution in [0, 0.1) is 5.41 Å². The first kappa shape index (κ1) is 18.5. The minimum Gasteiger partial charge on any atom is -0.393 e. The van der Waals surface area contributed by atoms with Crippen molar-refractivity contribution in [2.75, 3.05) is 0 Å². The van der Waals surface area contributed by atoms with Crippen molar-refractivity contribution < 1.29 is 19.2 Å². The third-order valence-corrected chi connectivity index (χ3v) is 3.99. The summed E-state index contributed by atoms with van der Waals surface area (Å²) in [7, 11) is 0. The zero-order valence-corrected chi connectivity index (χ0v) is 14.8. The molecular weight excluding hydrogens is 318 g/mol. The van der Waals surface area contributed by atoms with E-state index >= 15 is 0 Å². The van der Waals surface area contributed by atoms with Crippen molar-refractivity contribution >= 4 is 12.1 Å². The van der Waals surface area contributed by atoms with E-state index in [0.717, 1.165) is 10.6 Å². The Morgan fingerprint density at radius 2 is 1.52 bits per heavy atom. The standard InChI is InChI=1S/C20H23NO4/c1-4-20(2,3)18(22)21(15-16-11-7-5-8-12-16)25-19(23)24-17-13-9-6-10-14-17/h5-14H,4,15H2,1-3H3. The maximum atomic E-state index is 12.8. The highest BCUT2D eigenvalue weighted by atomic mass is 16.8. The van der Waals surface area contributed by atoms with Crippen LogP contribution in [0.15, 0.2) is 60.7 Å². The van der Waals surface area contributed by atoms with E-state index in [0.29, 0.717) is 12.2 Å². The second-order valence-corrected chi connectivity index (χ2v) is 6.32. The molecule has 5 nitrogen and oxygen atoms in total. The molecule has 0 fully saturated rings. The fraction of sp³-hybridized carbons (Fsp3) is 0.300. The minimum absolute atomic E-state index is 0.160. The van der Waals surface area contributed by atoms with Crippen molar-refractivity contribution in [3.63, 3.8) is 0 Å². The molecule has 0 heterocycles. The molecule has 0 atom stereocenters. The summed E-state index contributed by atoms with van der Waals surface area (Å²) in [6.07, 6.45) is -0.323. The quantitative estimate of drug-likeness (QED) is 0.454. The van der Waals surface area contributed by atoms with E-state index in [2.05, 4.69) is 0 Å². The van der Waals surface area contributed by atoms with E-state index in [1.54, 1.807) is 24.3 Å².